The number of hydrogen-bond donors (Lipinski definition) is 1. The number of rotatable bonds is 1. The minimum Gasteiger partial charge on any atom is -0.323 e. The van der Waals surface area contributed by atoms with Gasteiger partial charge in [-0.25, -0.2) is 0 Å². The number of hydrogen-bond acceptors (Lipinski definition) is 3. The Labute approximate surface area is 49.3 Å². The molecule has 0 aromatic carbocycles. The lowest BCUT2D eigenvalue weighted by Crippen LogP contribution is -2.07. The zero-order valence-corrected chi connectivity index (χ0v) is 5.47. The van der Waals surface area contributed by atoms with Crippen molar-refractivity contribution in [1.29, 1.82) is 0 Å². The molecule has 0 aliphatic carbocycles. The molecule has 0 unspecified atom stereocenters. The number of hydrazone groups is 1. The molecule has 3 nitrogen and oxygen atoms in total. The summed E-state index contributed by atoms with van der Waals surface area (Å²) in [6.07, 6.45) is 0. The summed E-state index contributed by atoms with van der Waals surface area (Å²) in [4.78, 5) is 3.87. The van der Waals surface area contributed by atoms with Crippen LogP contribution in [0.3, 0.4) is 0 Å². The third kappa shape index (κ3) is 1.73. The van der Waals surface area contributed by atoms with Crippen LogP contribution in [0.2, 0.25) is 0 Å². The predicted octanol–water partition coefficient (Wildman–Crippen LogP) is 0.412. The highest BCUT2D eigenvalue weighted by Crippen LogP contribution is 1.77. The van der Waals surface area contributed by atoms with Gasteiger partial charge in [-0.05, 0) is 13.8 Å². The fraction of sp³-hybridized carbons (Fsp3) is 0.600. The molecule has 0 aromatic heterocycles. The van der Waals surface area contributed by atoms with Gasteiger partial charge in [0, 0.05) is 7.05 Å². The summed E-state index contributed by atoms with van der Waals surface area (Å²) in [7, 11) is 1.71. The zero-order chi connectivity index (χ0) is 6.57. The van der Waals surface area contributed by atoms with Crippen molar-refractivity contribution in [3.63, 3.8) is 0 Å². The van der Waals surface area contributed by atoms with Crippen LogP contribution in [0.5, 0.6) is 0 Å². The fourth-order valence-corrected chi connectivity index (χ4v) is 0.255. The van der Waals surface area contributed by atoms with Gasteiger partial charge in [-0.2, -0.15) is 5.10 Å². The van der Waals surface area contributed by atoms with Crippen LogP contribution in [0, 0.1) is 0 Å². The largest absolute Gasteiger partial charge is 0.323 e. The van der Waals surface area contributed by atoms with Crippen molar-refractivity contribution in [2.45, 2.75) is 13.8 Å². The van der Waals surface area contributed by atoms with Gasteiger partial charge in [0.2, 0.25) is 0 Å². The second kappa shape index (κ2) is 3.18. The highest BCUT2D eigenvalue weighted by Gasteiger charge is 1.90. The summed E-state index contributed by atoms with van der Waals surface area (Å²) >= 11 is 0. The third-order valence-electron chi connectivity index (χ3n) is 1.05. The Balaban J connectivity index is 4.04. The molecule has 0 atom stereocenters. The van der Waals surface area contributed by atoms with E-state index in [2.05, 4.69) is 10.1 Å². The standard InChI is InChI=1S/C5H11N3/c1-4(7-3)5(2)8-6/h6H2,1-3H3/b7-4?,8-5+. The van der Waals surface area contributed by atoms with Crippen LogP contribution in [0.15, 0.2) is 10.1 Å². The topological polar surface area (TPSA) is 50.7 Å². The Kier molecular flexibility index (Phi) is 2.84. The molecule has 0 saturated carbocycles. The van der Waals surface area contributed by atoms with Gasteiger partial charge in [-0.1, -0.05) is 0 Å². The molecule has 3 heteroatoms. The average molecular weight is 113 g/mol. The molecule has 2 N–H and O–H groups in total. The lowest BCUT2D eigenvalue weighted by molar-refractivity contribution is 1.24. The van der Waals surface area contributed by atoms with Gasteiger partial charge in [0.1, 0.15) is 0 Å². The third-order valence-corrected chi connectivity index (χ3v) is 1.05. The molecule has 0 radical (unpaired) electrons. The maximum Gasteiger partial charge on any atom is 0.0776 e. The first-order valence-electron chi connectivity index (χ1n) is 2.40. The van der Waals surface area contributed by atoms with Crippen LogP contribution >= 0.6 is 0 Å². The Hall–Kier alpha value is -0.860. The monoisotopic (exact) mass is 113 g/mol. The summed E-state index contributed by atoms with van der Waals surface area (Å²) in [5.41, 5.74) is 1.67. The number of aliphatic imine (C=N–C) groups is 1. The van der Waals surface area contributed by atoms with E-state index in [0.29, 0.717) is 0 Å². The lowest BCUT2D eigenvalue weighted by atomic mass is 10.3. The van der Waals surface area contributed by atoms with Gasteiger partial charge in [0.05, 0.1) is 11.4 Å². The second-order valence-corrected chi connectivity index (χ2v) is 1.52. The van der Waals surface area contributed by atoms with E-state index in [1.54, 1.807) is 7.05 Å². The molecule has 0 bridgehead atoms. The Morgan fingerprint density at radius 2 is 1.75 bits per heavy atom. The molecule has 8 heavy (non-hydrogen) atoms. The van der Waals surface area contributed by atoms with Crippen LogP contribution < -0.4 is 5.84 Å². The minimum atomic E-state index is 0.785. The predicted molar refractivity (Wildman–Crippen MR) is 36.3 cm³/mol. The minimum absolute atomic E-state index is 0.785. The van der Waals surface area contributed by atoms with Crippen LogP contribution in [0.1, 0.15) is 13.8 Å². The molecule has 0 fully saturated rings. The summed E-state index contributed by atoms with van der Waals surface area (Å²) < 4.78 is 0. The van der Waals surface area contributed by atoms with E-state index in [4.69, 9.17) is 5.84 Å². The van der Waals surface area contributed by atoms with Gasteiger partial charge < -0.3 is 5.84 Å². The highest BCUT2D eigenvalue weighted by atomic mass is 15.1. The molecular weight excluding hydrogens is 102 g/mol. The van der Waals surface area contributed by atoms with Crippen molar-refractivity contribution in [3.05, 3.63) is 0 Å². The molecule has 46 valence electrons. The van der Waals surface area contributed by atoms with Gasteiger partial charge in [0.15, 0.2) is 0 Å². The molecule has 0 aliphatic heterocycles. The van der Waals surface area contributed by atoms with E-state index < -0.39 is 0 Å². The lowest BCUT2D eigenvalue weighted by Gasteiger charge is -1.91. The SMILES string of the molecule is CN=C(C)/C(C)=N/N. The van der Waals surface area contributed by atoms with E-state index in [0.717, 1.165) is 11.4 Å². The Morgan fingerprint density at radius 1 is 1.25 bits per heavy atom. The first kappa shape index (κ1) is 7.14. The molecule has 0 rings (SSSR count). The maximum atomic E-state index is 4.96. The van der Waals surface area contributed by atoms with E-state index in [-0.39, 0.29) is 0 Å². The molecule has 0 aliphatic rings. The van der Waals surface area contributed by atoms with Gasteiger partial charge in [0.25, 0.3) is 0 Å². The molecule has 0 heterocycles. The van der Waals surface area contributed by atoms with Crippen molar-refractivity contribution >= 4 is 11.4 Å². The van der Waals surface area contributed by atoms with Crippen molar-refractivity contribution in [2.24, 2.45) is 15.9 Å². The Bertz CT molecular complexity index is 108. The van der Waals surface area contributed by atoms with Gasteiger partial charge in [-0.15, -0.1) is 0 Å². The fourth-order valence-electron chi connectivity index (χ4n) is 0.255. The summed E-state index contributed by atoms with van der Waals surface area (Å²) in [6, 6.07) is 0. The van der Waals surface area contributed by atoms with E-state index >= 15 is 0 Å². The van der Waals surface area contributed by atoms with Crippen molar-refractivity contribution in [1.82, 2.24) is 0 Å². The van der Waals surface area contributed by atoms with Crippen molar-refractivity contribution < 1.29 is 0 Å². The molecule has 0 aromatic rings. The van der Waals surface area contributed by atoms with E-state index in [9.17, 15) is 0 Å². The zero-order valence-electron chi connectivity index (χ0n) is 5.47. The summed E-state index contributed by atoms with van der Waals surface area (Å²) in [5.74, 6) is 4.96. The first-order valence-corrected chi connectivity index (χ1v) is 2.40. The Morgan fingerprint density at radius 3 is 1.88 bits per heavy atom. The smallest absolute Gasteiger partial charge is 0.0776 e. The highest BCUT2D eigenvalue weighted by molar-refractivity contribution is 6.40. The summed E-state index contributed by atoms with van der Waals surface area (Å²) in [6.45, 7) is 3.69. The molecular formula is C5H11N3. The van der Waals surface area contributed by atoms with Crippen LogP contribution in [-0.2, 0) is 0 Å². The van der Waals surface area contributed by atoms with Crippen LogP contribution in [0.25, 0.3) is 0 Å². The van der Waals surface area contributed by atoms with Crippen molar-refractivity contribution in [3.8, 4) is 0 Å². The van der Waals surface area contributed by atoms with Gasteiger partial charge >= 0.3 is 0 Å². The first-order chi connectivity index (χ1) is 3.72. The summed E-state index contributed by atoms with van der Waals surface area (Å²) in [5, 5.41) is 3.45. The van der Waals surface area contributed by atoms with E-state index in [1.165, 1.54) is 0 Å². The van der Waals surface area contributed by atoms with Crippen LogP contribution in [0.4, 0.5) is 0 Å². The maximum absolute atomic E-state index is 4.96. The molecule has 0 spiro atoms. The van der Waals surface area contributed by atoms with E-state index in [1.807, 2.05) is 13.8 Å². The second-order valence-electron chi connectivity index (χ2n) is 1.52. The molecule has 0 amide bonds. The quantitative estimate of drug-likeness (QED) is 0.299. The normalized spacial score (nSPS) is 14.4. The average Bonchev–Trinajstić information content (AvgIpc) is 1.84. The number of nitrogens with zero attached hydrogens (tertiary/aromatic N) is 2. The van der Waals surface area contributed by atoms with Gasteiger partial charge in [-0.3, -0.25) is 4.99 Å². The van der Waals surface area contributed by atoms with Crippen LogP contribution in [-0.4, -0.2) is 18.5 Å². The van der Waals surface area contributed by atoms with Crippen molar-refractivity contribution in [2.75, 3.05) is 7.05 Å². The molecule has 0 saturated heterocycles. The number of nitrogens with two attached hydrogens (primary N) is 1.